The number of thioether (sulfide) groups is 1. The number of ether oxygens (including phenoxy) is 1. The van der Waals surface area contributed by atoms with Gasteiger partial charge in [-0.1, -0.05) is 42.8 Å². The van der Waals surface area contributed by atoms with Crippen molar-refractivity contribution in [1.29, 1.82) is 0 Å². The minimum Gasteiger partial charge on any atom is -0.465 e. The van der Waals surface area contributed by atoms with Gasteiger partial charge < -0.3 is 19.6 Å². The molecule has 1 aromatic carbocycles. The van der Waals surface area contributed by atoms with Gasteiger partial charge in [-0.3, -0.25) is 14.4 Å². The first-order chi connectivity index (χ1) is 19.1. The van der Waals surface area contributed by atoms with Crippen molar-refractivity contribution in [2.24, 2.45) is 11.8 Å². The van der Waals surface area contributed by atoms with Crippen LogP contribution in [0.1, 0.15) is 57.9 Å². The number of benzene rings is 1. The van der Waals surface area contributed by atoms with Crippen molar-refractivity contribution >= 4 is 46.8 Å². The predicted molar refractivity (Wildman–Crippen MR) is 160 cm³/mol. The van der Waals surface area contributed by atoms with E-state index in [0.29, 0.717) is 30.0 Å². The summed E-state index contributed by atoms with van der Waals surface area (Å²) in [6, 6.07) is 4.05. The minimum atomic E-state index is -0.866. The van der Waals surface area contributed by atoms with Gasteiger partial charge in [0, 0.05) is 11.3 Å². The van der Waals surface area contributed by atoms with Gasteiger partial charge in [-0.15, -0.1) is 24.9 Å². The van der Waals surface area contributed by atoms with Gasteiger partial charge >= 0.3 is 5.97 Å². The van der Waals surface area contributed by atoms with E-state index < -0.39 is 33.4 Å². The fourth-order valence-electron chi connectivity index (χ4n) is 6.99. The van der Waals surface area contributed by atoms with Gasteiger partial charge in [-0.2, -0.15) is 0 Å². The highest BCUT2D eigenvalue weighted by atomic mass is 35.5. The van der Waals surface area contributed by atoms with Gasteiger partial charge in [0.1, 0.15) is 6.04 Å². The van der Waals surface area contributed by atoms with E-state index in [4.69, 9.17) is 16.3 Å². The molecule has 3 aliphatic heterocycles. The zero-order chi connectivity index (χ0) is 29.2. The lowest BCUT2D eigenvalue weighted by atomic mass is 9.66. The maximum absolute atomic E-state index is 14.7. The van der Waals surface area contributed by atoms with Gasteiger partial charge in [-0.25, -0.2) is 0 Å². The van der Waals surface area contributed by atoms with Crippen LogP contribution in [-0.2, 0) is 19.1 Å². The smallest absolute Gasteiger partial charge is 0.311 e. The molecule has 6 atom stereocenters. The molecular formula is C31H41ClN2O5S. The number of nitrogens with zero attached hydrogens (tertiary/aromatic N) is 2. The molecule has 9 heteroatoms. The van der Waals surface area contributed by atoms with E-state index in [1.165, 1.54) is 0 Å². The van der Waals surface area contributed by atoms with Crippen molar-refractivity contribution in [1.82, 2.24) is 4.90 Å². The molecule has 1 aromatic rings. The second-order valence-electron chi connectivity index (χ2n) is 11.3. The van der Waals surface area contributed by atoms with Gasteiger partial charge in [0.15, 0.2) is 0 Å². The lowest BCUT2D eigenvalue weighted by Crippen LogP contribution is -2.57. The summed E-state index contributed by atoms with van der Waals surface area (Å²) in [5.74, 6) is -2.26. The average Bonchev–Trinajstić information content (AvgIpc) is 3.49. The normalized spacial score (nSPS) is 29.3. The number of hydrogen-bond acceptors (Lipinski definition) is 6. The first-order valence-corrected chi connectivity index (χ1v) is 15.4. The Hall–Kier alpha value is -2.29. The SMILES string of the molecule is C=CCCCCOC(=O)[C@@H]1[C@H]2C(=O)N([C@@H](CC)CO)C(C(=O)N(CC=C)c3c(C)cccc3Cl)C23CC[C@@]1(C)S3. The Labute approximate surface area is 246 Å². The van der Waals surface area contributed by atoms with Crippen molar-refractivity contribution < 1.29 is 24.2 Å². The molecule has 1 spiro atoms. The maximum Gasteiger partial charge on any atom is 0.311 e. The average molecular weight is 589 g/mol. The van der Waals surface area contributed by atoms with Crippen LogP contribution >= 0.6 is 23.4 Å². The molecule has 40 heavy (non-hydrogen) atoms. The lowest BCUT2D eigenvalue weighted by molar-refractivity contribution is -0.156. The monoisotopic (exact) mass is 588 g/mol. The number of rotatable bonds is 13. The summed E-state index contributed by atoms with van der Waals surface area (Å²) in [5, 5.41) is 10.8. The predicted octanol–water partition coefficient (Wildman–Crippen LogP) is 5.32. The van der Waals surface area contributed by atoms with E-state index in [0.717, 1.165) is 24.8 Å². The van der Waals surface area contributed by atoms with Crippen molar-refractivity contribution in [3.63, 3.8) is 0 Å². The third-order valence-corrected chi connectivity index (χ3v) is 11.2. The minimum absolute atomic E-state index is 0.205. The Bertz CT molecular complexity index is 1150. The molecule has 7 nitrogen and oxygen atoms in total. The first kappa shape index (κ1) is 30.7. The van der Waals surface area contributed by atoms with Gasteiger partial charge in [0.05, 0.1) is 46.5 Å². The number of allylic oxidation sites excluding steroid dienone is 1. The number of halogens is 1. The van der Waals surface area contributed by atoms with Crippen LogP contribution in [0.2, 0.25) is 5.02 Å². The number of aryl methyl sites for hydroxylation is 1. The molecule has 3 heterocycles. The number of para-hydroxylation sites is 1. The summed E-state index contributed by atoms with van der Waals surface area (Å²) in [6.45, 7) is 13.6. The van der Waals surface area contributed by atoms with Crippen LogP contribution in [0.3, 0.4) is 0 Å². The number of esters is 1. The van der Waals surface area contributed by atoms with E-state index in [1.54, 1.807) is 33.7 Å². The van der Waals surface area contributed by atoms with E-state index in [-0.39, 0.29) is 37.5 Å². The van der Waals surface area contributed by atoms with E-state index in [1.807, 2.05) is 39.0 Å². The topological polar surface area (TPSA) is 87.1 Å². The lowest BCUT2D eigenvalue weighted by Gasteiger charge is -2.39. The second-order valence-corrected chi connectivity index (χ2v) is 13.6. The Morgan fingerprint density at radius 3 is 2.67 bits per heavy atom. The van der Waals surface area contributed by atoms with E-state index in [9.17, 15) is 19.5 Å². The first-order valence-electron chi connectivity index (χ1n) is 14.2. The van der Waals surface area contributed by atoms with Crippen molar-refractivity contribution in [3.8, 4) is 0 Å². The number of aliphatic hydroxyl groups excluding tert-OH is 1. The zero-order valence-electron chi connectivity index (χ0n) is 23.7. The van der Waals surface area contributed by atoms with Gasteiger partial charge in [0.2, 0.25) is 5.91 Å². The molecule has 0 saturated carbocycles. The number of hydrogen-bond donors (Lipinski definition) is 1. The molecule has 0 aliphatic carbocycles. The molecule has 218 valence electrons. The van der Waals surface area contributed by atoms with Crippen LogP contribution in [0.4, 0.5) is 5.69 Å². The van der Waals surface area contributed by atoms with Crippen LogP contribution < -0.4 is 4.90 Å². The number of fused-ring (bicyclic) bond motifs is 1. The largest absolute Gasteiger partial charge is 0.465 e. The quantitative estimate of drug-likeness (QED) is 0.191. The van der Waals surface area contributed by atoms with Crippen LogP contribution in [-0.4, -0.2) is 69.1 Å². The summed E-state index contributed by atoms with van der Waals surface area (Å²) < 4.78 is 4.41. The number of unbranched alkanes of at least 4 members (excludes halogenated alkanes) is 2. The van der Waals surface area contributed by atoms with Crippen molar-refractivity contribution in [2.75, 3.05) is 24.7 Å². The van der Waals surface area contributed by atoms with E-state index >= 15 is 0 Å². The summed E-state index contributed by atoms with van der Waals surface area (Å²) in [6.07, 6.45) is 7.72. The Morgan fingerprint density at radius 2 is 2.05 bits per heavy atom. The Balaban J connectivity index is 1.77. The number of anilines is 1. The molecule has 4 rings (SSSR count). The highest BCUT2D eigenvalue weighted by Crippen LogP contribution is 2.72. The molecule has 3 fully saturated rings. The second kappa shape index (κ2) is 12.3. The van der Waals surface area contributed by atoms with Gasteiger partial charge in [-0.05, 0) is 64.0 Å². The van der Waals surface area contributed by atoms with Crippen LogP contribution in [0.5, 0.6) is 0 Å². The third-order valence-electron chi connectivity index (χ3n) is 8.86. The molecule has 1 N–H and O–H groups in total. The molecule has 2 bridgehead atoms. The van der Waals surface area contributed by atoms with Crippen molar-refractivity contribution in [2.45, 2.75) is 80.9 Å². The fraction of sp³-hybridized carbons (Fsp3) is 0.581. The standard InChI is InChI=1S/C31H41ClN2O5S/c1-6-9-10-11-18-39-29(38)24-23-27(36)34(21(8-3)19-35)26(31(23)16-15-30(24,5)40-31)28(37)33(17-7-2)25-20(4)13-12-14-22(25)32/h6-7,12-14,21,23-24,26,35H,1-2,8-11,15-19H2,3-5H3/t21-,23-,24-,26?,30+,31?/m0/s1. The van der Waals surface area contributed by atoms with Crippen LogP contribution in [0.15, 0.2) is 43.5 Å². The van der Waals surface area contributed by atoms with E-state index in [2.05, 4.69) is 13.2 Å². The number of carbonyl (C=O) groups excluding carboxylic acids is 3. The highest BCUT2D eigenvalue weighted by Gasteiger charge is 2.78. The van der Waals surface area contributed by atoms with Crippen molar-refractivity contribution in [3.05, 3.63) is 54.1 Å². The summed E-state index contributed by atoms with van der Waals surface area (Å²) >= 11 is 8.22. The Morgan fingerprint density at radius 1 is 1.30 bits per heavy atom. The van der Waals surface area contributed by atoms with Gasteiger partial charge in [0.25, 0.3) is 5.91 Å². The molecular weight excluding hydrogens is 548 g/mol. The molecule has 2 amide bonds. The Kier molecular flexibility index (Phi) is 9.42. The number of likely N-dealkylation sites (tertiary alicyclic amines) is 1. The fourth-order valence-corrected chi connectivity index (χ4v) is 9.64. The number of carbonyl (C=O) groups is 3. The summed E-state index contributed by atoms with van der Waals surface area (Å²) in [4.78, 5) is 45.8. The number of amides is 2. The molecule has 3 aliphatic rings. The molecule has 0 radical (unpaired) electrons. The summed E-state index contributed by atoms with van der Waals surface area (Å²) in [5.41, 5.74) is 1.41. The highest BCUT2D eigenvalue weighted by molar-refractivity contribution is 8.02. The van der Waals surface area contributed by atoms with Crippen LogP contribution in [0.25, 0.3) is 0 Å². The molecule has 3 saturated heterocycles. The maximum atomic E-state index is 14.7. The summed E-state index contributed by atoms with van der Waals surface area (Å²) in [7, 11) is 0. The van der Waals surface area contributed by atoms with Crippen LogP contribution in [0, 0.1) is 18.8 Å². The third kappa shape index (κ3) is 5.01. The zero-order valence-corrected chi connectivity index (χ0v) is 25.3. The molecule has 0 aromatic heterocycles. The number of aliphatic hydroxyl groups is 1. The molecule has 2 unspecified atom stereocenters.